The summed E-state index contributed by atoms with van der Waals surface area (Å²) >= 11 is 0. The first-order valence-electron chi connectivity index (χ1n) is 12.6. The van der Waals surface area contributed by atoms with Crippen molar-refractivity contribution in [2.45, 2.75) is 64.8 Å². The minimum absolute atomic E-state index is 0.0678. The number of carbonyl (C=O) groups is 2. The molecular formula is C26H37N5O2. The zero-order valence-electron chi connectivity index (χ0n) is 19.9. The van der Waals surface area contributed by atoms with Crippen LogP contribution in [0, 0.1) is 23.2 Å². The minimum Gasteiger partial charge on any atom is -0.350 e. The van der Waals surface area contributed by atoms with E-state index in [2.05, 4.69) is 24.1 Å². The van der Waals surface area contributed by atoms with E-state index in [1.165, 1.54) is 19.3 Å². The molecule has 4 fully saturated rings. The van der Waals surface area contributed by atoms with Crippen LogP contribution >= 0.6 is 0 Å². The number of nitrogens with zero attached hydrogens (tertiary/aromatic N) is 3. The molecule has 2 aromatic heterocycles. The Morgan fingerprint density at radius 2 is 2.06 bits per heavy atom. The Morgan fingerprint density at radius 3 is 2.82 bits per heavy atom. The maximum atomic E-state index is 13.1. The standard InChI is InChI=1S/C26H37N5O2/c1-26(2)18-10-9-17(21(26)12-18)15-28-25(33)22-7-5-8-23-29-19(16-31(22)23)13-24(32)30-11-4-3-6-20(30)14-27/h5,7-8,16-18,20-21H,3-4,6,9-15,27H2,1-2H3,(H,28,33)/t17-,18+,20?,21+/m0/s1. The number of fused-ring (bicyclic) bond motifs is 3. The van der Waals surface area contributed by atoms with Crippen LogP contribution in [0.25, 0.3) is 5.65 Å². The summed E-state index contributed by atoms with van der Waals surface area (Å²) in [6.07, 6.45) is 8.99. The molecule has 2 aromatic rings. The highest BCUT2D eigenvalue weighted by molar-refractivity contribution is 5.93. The maximum Gasteiger partial charge on any atom is 0.268 e. The van der Waals surface area contributed by atoms with E-state index in [1.807, 2.05) is 33.7 Å². The second-order valence-corrected chi connectivity index (χ2v) is 10.9. The number of imidazole rings is 1. The van der Waals surface area contributed by atoms with Crippen molar-refractivity contribution >= 4 is 17.5 Å². The number of hydrogen-bond acceptors (Lipinski definition) is 4. The lowest BCUT2D eigenvalue weighted by Gasteiger charge is -2.60. The summed E-state index contributed by atoms with van der Waals surface area (Å²) in [6, 6.07) is 5.69. The van der Waals surface area contributed by atoms with Crippen molar-refractivity contribution in [1.82, 2.24) is 19.6 Å². The summed E-state index contributed by atoms with van der Waals surface area (Å²) < 4.78 is 1.82. The van der Waals surface area contributed by atoms with Crippen LogP contribution in [0.3, 0.4) is 0 Å². The van der Waals surface area contributed by atoms with Gasteiger partial charge in [0, 0.05) is 31.9 Å². The molecule has 4 aliphatic rings. The van der Waals surface area contributed by atoms with Gasteiger partial charge in [-0.1, -0.05) is 19.9 Å². The van der Waals surface area contributed by atoms with E-state index in [0.29, 0.717) is 40.8 Å². The van der Waals surface area contributed by atoms with Gasteiger partial charge >= 0.3 is 0 Å². The van der Waals surface area contributed by atoms with Gasteiger partial charge in [0.2, 0.25) is 5.91 Å². The van der Waals surface area contributed by atoms with E-state index in [9.17, 15) is 9.59 Å². The average Bonchev–Trinajstić information content (AvgIpc) is 3.24. The summed E-state index contributed by atoms with van der Waals surface area (Å²) in [5, 5.41) is 3.19. The minimum atomic E-state index is -0.0747. The molecule has 33 heavy (non-hydrogen) atoms. The molecule has 1 saturated heterocycles. The highest BCUT2D eigenvalue weighted by Crippen LogP contribution is 2.61. The lowest BCUT2D eigenvalue weighted by molar-refractivity contribution is -0.133. The highest BCUT2D eigenvalue weighted by Gasteiger charge is 2.53. The molecule has 4 atom stereocenters. The topological polar surface area (TPSA) is 92.7 Å². The fourth-order valence-electron chi connectivity index (χ4n) is 6.68. The molecular weight excluding hydrogens is 414 g/mol. The van der Waals surface area contributed by atoms with Gasteiger partial charge in [0.05, 0.1) is 12.1 Å². The van der Waals surface area contributed by atoms with Crippen molar-refractivity contribution in [3.05, 3.63) is 35.8 Å². The summed E-state index contributed by atoms with van der Waals surface area (Å²) in [4.78, 5) is 32.6. The van der Waals surface area contributed by atoms with Crippen molar-refractivity contribution in [3.63, 3.8) is 0 Å². The average molecular weight is 452 g/mol. The van der Waals surface area contributed by atoms with E-state index < -0.39 is 0 Å². The van der Waals surface area contributed by atoms with Crippen LogP contribution in [0.5, 0.6) is 0 Å². The molecule has 0 spiro atoms. The first-order chi connectivity index (χ1) is 15.9. The van der Waals surface area contributed by atoms with Gasteiger partial charge in [-0.15, -0.1) is 0 Å². The molecule has 2 bridgehead atoms. The van der Waals surface area contributed by atoms with Gasteiger partial charge < -0.3 is 16.0 Å². The largest absolute Gasteiger partial charge is 0.350 e. The van der Waals surface area contributed by atoms with Crippen molar-refractivity contribution < 1.29 is 9.59 Å². The third kappa shape index (κ3) is 4.05. The highest BCUT2D eigenvalue weighted by atomic mass is 16.2. The predicted molar refractivity (Wildman–Crippen MR) is 128 cm³/mol. The van der Waals surface area contributed by atoms with Crippen LogP contribution in [0.2, 0.25) is 0 Å². The Labute approximate surface area is 196 Å². The molecule has 7 heteroatoms. The molecule has 3 aliphatic carbocycles. The number of piperidine rings is 1. The Kier molecular flexibility index (Phi) is 5.93. The Hall–Kier alpha value is -2.41. The lowest BCUT2D eigenvalue weighted by atomic mass is 9.45. The van der Waals surface area contributed by atoms with E-state index in [0.717, 1.165) is 38.3 Å². The zero-order chi connectivity index (χ0) is 23.2. The first kappa shape index (κ1) is 22.4. The summed E-state index contributed by atoms with van der Waals surface area (Å²) in [7, 11) is 0. The van der Waals surface area contributed by atoms with E-state index >= 15 is 0 Å². The SMILES string of the molecule is CC1(C)[C@@H]2CC[C@@H](CNC(=O)c3cccc4nc(CC(=O)N5CCCCC5CN)cn34)[C@H]1C2. The molecule has 3 saturated carbocycles. The van der Waals surface area contributed by atoms with Gasteiger partial charge in [-0.05, 0) is 73.8 Å². The Morgan fingerprint density at radius 1 is 1.21 bits per heavy atom. The molecule has 3 N–H and O–H groups in total. The molecule has 1 unspecified atom stereocenters. The van der Waals surface area contributed by atoms with Gasteiger partial charge in [0.1, 0.15) is 11.3 Å². The summed E-state index contributed by atoms with van der Waals surface area (Å²) in [6.45, 7) is 6.76. The molecule has 7 nitrogen and oxygen atoms in total. The van der Waals surface area contributed by atoms with Crippen LogP contribution in [-0.2, 0) is 11.2 Å². The van der Waals surface area contributed by atoms with Gasteiger partial charge in [0.15, 0.2) is 0 Å². The number of pyridine rings is 1. The number of amides is 2. The van der Waals surface area contributed by atoms with Gasteiger partial charge in [-0.25, -0.2) is 4.98 Å². The number of nitrogens with one attached hydrogen (secondary N) is 1. The predicted octanol–water partition coefficient (Wildman–Crippen LogP) is 3.02. The van der Waals surface area contributed by atoms with Crippen molar-refractivity contribution in [1.29, 1.82) is 0 Å². The Bertz CT molecular complexity index is 1040. The fraction of sp³-hybridized carbons (Fsp3) is 0.654. The normalized spacial score (nSPS) is 28.4. The molecule has 1 aliphatic heterocycles. The second kappa shape index (κ2) is 8.75. The number of rotatable bonds is 6. The van der Waals surface area contributed by atoms with Gasteiger partial charge in [0.25, 0.3) is 5.91 Å². The molecule has 3 heterocycles. The van der Waals surface area contributed by atoms with Gasteiger partial charge in [-0.3, -0.25) is 14.0 Å². The first-order valence-corrected chi connectivity index (χ1v) is 12.6. The second-order valence-electron chi connectivity index (χ2n) is 10.9. The van der Waals surface area contributed by atoms with Crippen LogP contribution in [-0.4, -0.2) is 51.8 Å². The fourth-order valence-corrected chi connectivity index (χ4v) is 6.68. The van der Waals surface area contributed by atoms with E-state index in [-0.39, 0.29) is 24.3 Å². The van der Waals surface area contributed by atoms with E-state index in [1.54, 1.807) is 0 Å². The molecule has 0 aromatic carbocycles. The number of carbonyl (C=O) groups excluding carboxylic acids is 2. The van der Waals surface area contributed by atoms with Gasteiger partial charge in [-0.2, -0.15) is 0 Å². The van der Waals surface area contributed by atoms with Crippen LogP contribution in [0.15, 0.2) is 24.4 Å². The number of hydrogen-bond donors (Lipinski definition) is 2. The third-order valence-electron chi connectivity index (χ3n) is 8.85. The smallest absolute Gasteiger partial charge is 0.268 e. The molecule has 2 amide bonds. The zero-order valence-corrected chi connectivity index (χ0v) is 19.9. The summed E-state index contributed by atoms with van der Waals surface area (Å²) in [5.74, 6) is 2.13. The van der Waals surface area contributed by atoms with Crippen LogP contribution < -0.4 is 11.1 Å². The lowest BCUT2D eigenvalue weighted by Crippen LogP contribution is -2.54. The van der Waals surface area contributed by atoms with E-state index in [4.69, 9.17) is 5.73 Å². The quantitative estimate of drug-likeness (QED) is 0.706. The Balaban J connectivity index is 1.26. The number of nitrogens with two attached hydrogens (primary N) is 1. The molecule has 0 radical (unpaired) electrons. The van der Waals surface area contributed by atoms with Crippen LogP contribution in [0.1, 0.15) is 68.6 Å². The summed E-state index contributed by atoms with van der Waals surface area (Å²) in [5.41, 5.74) is 8.26. The van der Waals surface area contributed by atoms with Crippen LogP contribution in [0.4, 0.5) is 0 Å². The molecule has 6 rings (SSSR count). The van der Waals surface area contributed by atoms with Crippen molar-refractivity contribution in [2.24, 2.45) is 28.9 Å². The number of likely N-dealkylation sites (tertiary alicyclic amines) is 1. The monoisotopic (exact) mass is 451 g/mol. The van der Waals surface area contributed by atoms with Crippen molar-refractivity contribution in [3.8, 4) is 0 Å². The molecule has 178 valence electrons. The number of aromatic nitrogens is 2. The third-order valence-corrected chi connectivity index (χ3v) is 8.85. The maximum absolute atomic E-state index is 13.1. The van der Waals surface area contributed by atoms with Crippen molar-refractivity contribution in [2.75, 3.05) is 19.6 Å².